The molecule has 0 amide bonds. The Morgan fingerprint density at radius 2 is 1.68 bits per heavy atom. The molecule has 0 saturated carbocycles. The van der Waals surface area contributed by atoms with Gasteiger partial charge in [0.1, 0.15) is 5.82 Å². The maximum absolute atomic E-state index is 13.2. The molecule has 0 aliphatic carbocycles. The van der Waals surface area contributed by atoms with Crippen LogP contribution in [0.5, 0.6) is 0 Å². The molecule has 0 bridgehead atoms. The first-order chi connectivity index (χ1) is 9.10. The van der Waals surface area contributed by atoms with E-state index in [0.29, 0.717) is 12.0 Å². The van der Waals surface area contributed by atoms with Crippen molar-refractivity contribution in [3.63, 3.8) is 0 Å². The average Bonchev–Trinajstić information content (AvgIpc) is 2.42. The highest BCUT2D eigenvalue weighted by molar-refractivity contribution is 5.31. The second kappa shape index (κ2) is 5.98. The molecule has 1 unspecified atom stereocenters. The van der Waals surface area contributed by atoms with Crippen LogP contribution in [-0.4, -0.2) is 5.11 Å². The highest BCUT2D eigenvalue weighted by Crippen LogP contribution is 2.22. The quantitative estimate of drug-likeness (QED) is 0.879. The van der Waals surface area contributed by atoms with Gasteiger partial charge in [-0.25, -0.2) is 4.39 Å². The molecule has 1 N–H and O–H groups in total. The van der Waals surface area contributed by atoms with Crippen LogP contribution in [0.15, 0.2) is 42.5 Å². The standard InChI is InChI=1S/C17H19FO/c1-3-13-5-7-14(8-6-13)10-17(19)16-11-15(18)9-4-12(16)2/h4-9,11,17,19H,3,10H2,1-2H3. The van der Waals surface area contributed by atoms with Crippen molar-refractivity contribution >= 4 is 0 Å². The third-order valence-electron chi connectivity index (χ3n) is 3.46. The molecule has 2 aromatic rings. The molecule has 0 aliphatic heterocycles. The molecule has 2 heteroatoms. The van der Waals surface area contributed by atoms with E-state index in [9.17, 15) is 9.50 Å². The predicted octanol–water partition coefficient (Wildman–Crippen LogP) is 3.97. The van der Waals surface area contributed by atoms with Gasteiger partial charge in [0.15, 0.2) is 0 Å². The molecule has 1 nitrogen and oxygen atoms in total. The molecule has 0 spiro atoms. The molecule has 0 heterocycles. The van der Waals surface area contributed by atoms with Crippen LogP contribution in [-0.2, 0) is 12.8 Å². The summed E-state index contributed by atoms with van der Waals surface area (Å²) in [5, 5.41) is 10.2. The molecule has 100 valence electrons. The van der Waals surface area contributed by atoms with E-state index in [2.05, 4.69) is 19.1 Å². The minimum absolute atomic E-state index is 0.305. The van der Waals surface area contributed by atoms with E-state index in [0.717, 1.165) is 17.5 Å². The molecule has 0 fully saturated rings. The predicted molar refractivity (Wildman–Crippen MR) is 75.6 cm³/mol. The molecule has 0 saturated heterocycles. The van der Waals surface area contributed by atoms with Gasteiger partial charge in [0.25, 0.3) is 0 Å². The number of hydrogen-bond donors (Lipinski definition) is 1. The van der Waals surface area contributed by atoms with Crippen molar-refractivity contribution in [1.82, 2.24) is 0 Å². The Morgan fingerprint density at radius 1 is 1.05 bits per heavy atom. The summed E-state index contributed by atoms with van der Waals surface area (Å²) in [7, 11) is 0. The normalized spacial score (nSPS) is 12.4. The number of aliphatic hydroxyl groups is 1. The highest BCUT2D eigenvalue weighted by atomic mass is 19.1. The smallest absolute Gasteiger partial charge is 0.123 e. The van der Waals surface area contributed by atoms with Crippen LogP contribution in [0, 0.1) is 12.7 Å². The lowest BCUT2D eigenvalue weighted by molar-refractivity contribution is 0.177. The summed E-state index contributed by atoms with van der Waals surface area (Å²) in [6.07, 6.45) is 0.850. The lowest BCUT2D eigenvalue weighted by atomic mass is 9.97. The Bertz CT molecular complexity index is 546. The number of aryl methyl sites for hydroxylation is 2. The Morgan fingerprint density at radius 3 is 2.32 bits per heavy atom. The molecular weight excluding hydrogens is 239 g/mol. The van der Waals surface area contributed by atoms with Crippen molar-refractivity contribution in [1.29, 1.82) is 0 Å². The number of hydrogen-bond acceptors (Lipinski definition) is 1. The Balaban J connectivity index is 2.15. The zero-order valence-electron chi connectivity index (χ0n) is 11.4. The largest absolute Gasteiger partial charge is 0.388 e. The van der Waals surface area contributed by atoms with Crippen molar-refractivity contribution in [2.75, 3.05) is 0 Å². The first-order valence-electron chi connectivity index (χ1n) is 6.62. The first kappa shape index (κ1) is 13.8. The van der Waals surface area contributed by atoms with Crippen molar-refractivity contribution in [2.45, 2.75) is 32.8 Å². The van der Waals surface area contributed by atoms with E-state index in [-0.39, 0.29) is 5.82 Å². The second-order valence-corrected chi connectivity index (χ2v) is 4.89. The molecule has 1 atom stereocenters. The van der Waals surface area contributed by atoms with Gasteiger partial charge in [0.2, 0.25) is 0 Å². The summed E-state index contributed by atoms with van der Waals surface area (Å²) in [6.45, 7) is 4.00. The van der Waals surface area contributed by atoms with E-state index >= 15 is 0 Å². The molecule has 2 aromatic carbocycles. The molecular formula is C17H19FO. The van der Waals surface area contributed by atoms with Gasteiger partial charge in [-0.1, -0.05) is 37.3 Å². The van der Waals surface area contributed by atoms with Gasteiger partial charge in [0, 0.05) is 6.42 Å². The third kappa shape index (κ3) is 3.42. The monoisotopic (exact) mass is 258 g/mol. The Kier molecular flexibility index (Phi) is 4.33. The molecule has 0 aliphatic rings. The first-order valence-corrected chi connectivity index (χ1v) is 6.62. The summed E-state index contributed by atoms with van der Waals surface area (Å²) in [4.78, 5) is 0. The van der Waals surface area contributed by atoms with E-state index in [1.165, 1.54) is 17.7 Å². The lowest BCUT2D eigenvalue weighted by Crippen LogP contribution is -2.04. The molecule has 2 rings (SSSR count). The summed E-state index contributed by atoms with van der Waals surface area (Å²) < 4.78 is 13.2. The zero-order valence-corrected chi connectivity index (χ0v) is 11.4. The fourth-order valence-corrected chi connectivity index (χ4v) is 2.21. The summed E-state index contributed by atoms with van der Waals surface area (Å²) in [6, 6.07) is 12.7. The third-order valence-corrected chi connectivity index (χ3v) is 3.46. The van der Waals surface area contributed by atoms with Gasteiger partial charge < -0.3 is 5.11 Å². The van der Waals surface area contributed by atoms with Gasteiger partial charge in [-0.05, 0) is 47.7 Å². The SMILES string of the molecule is CCc1ccc(CC(O)c2cc(F)ccc2C)cc1. The van der Waals surface area contributed by atoms with E-state index in [1.807, 2.05) is 19.1 Å². The van der Waals surface area contributed by atoms with Crippen molar-refractivity contribution < 1.29 is 9.50 Å². The van der Waals surface area contributed by atoms with Gasteiger partial charge in [-0.15, -0.1) is 0 Å². The Labute approximate surface area is 113 Å². The van der Waals surface area contributed by atoms with Crippen LogP contribution in [0.1, 0.15) is 35.3 Å². The van der Waals surface area contributed by atoms with Crippen LogP contribution >= 0.6 is 0 Å². The molecule has 0 aromatic heterocycles. The number of halogens is 1. The van der Waals surface area contributed by atoms with Crippen LogP contribution in [0.25, 0.3) is 0 Å². The van der Waals surface area contributed by atoms with Gasteiger partial charge in [-0.2, -0.15) is 0 Å². The summed E-state index contributed by atoms with van der Waals surface area (Å²) in [5.74, 6) is -0.305. The van der Waals surface area contributed by atoms with Gasteiger partial charge in [0.05, 0.1) is 6.10 Å². The number of rotatable bonds is 4. The van der Waals surface area contributed by atoms with Crippen LogP contribution in [0.4, 0.5) is 4.39 Å². The Hall–Kier alpha value is -1.67. The van der Waals surface area contributed by atoms with Crippen molar-refractivity contribution in [2.24, 2.45) is 0 Å². The van der Waals surface area contributed by atoms with Crippen LogP contribution in [0.3, 0.4) is 0 Å². The second-order valence-electron chi connectivity index (χ2n) is 4.89. The van der Waals surface area contributed by atoms with E-state index in [4.69, 9.17) is 0 Å². The fourth-order valence-electron chi connectivity index (χ4n) is 2.21. The molecule has 19 heavy (non-hydrogen) atoms. The zero-order chi connectivity index (χ0) is 13.8. The van der Waals surface area contributed by atoms with Crippen molar-refractivity contribution in [3.05, 3.63) is 70.5 Å². The maximum Gasteiger partial charge on any atom is 0.123 e. The fraction of sp³-hybridized carbons (Fsp3) is 0.294. The minimum atomic E-state index is -0.664. The van der Waals surface area contributed by atoms with Gasteiger partial charge >= 0.3 is 0 Å². The van der Waals surface area contributed by atoms with Gasteiger partial charge in [-0.3, -0.25) is 0 Å². The number of aliphatic hydroxyl groups excluding tert-OH is 1. The maximum atomic E-state index is 13.2. The lowest BCUT2D eigenvalue weighted by Gasteiger charge is -2.14. The van der Waals surface area contributed by atoms with E-state index < -0.39 is 6.10 Å². The van der Waals surface area contributed by atoms with E-state index in [1.54, 1.807) is 6.07 Å². The van der Waals surface area contributed by atoms with Crippen molar-refractivity contribution in [3.8, 4) is 0 Å². The average molecular weight is 258 g/mol. The number of benzene rings is 2. The topological polar surface area (TPSA) is 20.2 Å². The van der Waals surface area contributed by atoms with Crippen LogP contribution in [0.2, 0.25) is 0 Å². The summed E-state index contributed by atoms with van der Waals surface area (Å²) in [5.41, 5.74) is 3.92. The minimum Gasteiger partial charge on any atom is -0.388 e. The summed E-state index contributed by atoms with van der Waals surface area (Å²) >= 11 is 0. The molecule has 0 radical (unpaired) electrons. The highest BCUT2D eigenvalue weighted by Gasteiger charge is 2.12. The van der Waals surface area contributed by atoms with Crippen LogP contribution < -0.4 is 0 Å².